The van der Waals surface area contributed by atoms with Crippen LogP contribution in [0.25, 0.3) is 21.5 Å². The van der Waals surface area contributed by atoms with E-state index in [1.807, 2.05) is 48.5 Å². The van der Waals surface area contributed by atoms with Crippen molar-refractivity contribution in [3.8, 4) is 0 Å². The van der Waals surface area contributed by atoms with Gasteiger partial charge in [-0.1, -0.05) is 140 Å². The van der Waals surface area contributed by atoms with E-state index in [0.29, 0.717) is 11.8 Å². The molecule has 0 fully saturated rings. The van der Waals surface area contributed by atoms with Gasteiger partial charge in [-0.3, -0.25) is 4.55 Å². The third-order valence-electron chi connectivity index (χ3n) is 7.48. The van der Waals surface area contributed by atoms with Crippen molar-refractivity contribution in [1.29, 1.82) is 0 Å². The van der Waals surface area contributed by atoms with E-state index < -0.39 is 10.1 Å². The standard InChI is InChI=1S/C32H46O3S.Zr/c1-2-3-4-5-6-7-8-9-10-11-12-13-14-15-16-17-20-27-23-24-30-25-28-21-18-19-22-29(28)26-31(30)32(27)36(33,34)35;/h18-19,21-26H,2-17,20H2,1H3,(H,33,34,35);. The van der Waals surface area contributed by atoms with E-state index >= 15 is 0 Å². The van der Waals surface area contributed by atoms with Gasteiger partial charge < -0.3 is 0 Å². The van der Waals surface area contributed by atoms with Crippen molar-refractivity contribution in [3.63, 3.8) is 0 Å². The molecule has 0 saturated carbocycles. The van der Waals surface area contributed by atoms with E-state index in [-0.39, 0.29) is 31.1 Å². The number of benzene rings is 3. The molecule has 202 valence electrons. The Morgan fingerprint density at radius 1 is 0.595 bits per heavy atom. The maximum absolute atomic E-state index is 12.3. The summed E-state index contributed by atoms with van der Waals surface area (Å²) in [6.07, 6.45) is 21.7. The Labute approximate surface area is 244 Å². The third-order valence-corrected chi connectivity index (χ3v) is 8.47. The van der Waals surface area contributed by atoms with Crippen LogP contribution in [0.4, 0.5) is 0 Å². The fourth-order valence-electron chi connectivity index (χ4n) is 5.40. The summed E-state index contributed by atoms with van der Waals surface area (Å²) in [5, 5.41) is 3.51. The van der Waals surface area contributed by atoms with Gasteiger partial charge in [0.15, 0.2) is 0 Å². The molecule has 0 saturated heterocycles. The molecule has 0 aliphatic carbocycles. The van der Waals surface area contributed by atoms with Crippen molar-refractivity contribution in [2.45, 2.75) is 121 Å². The number of fused-ring (bicyclic) bond motifs is 2. The van der Waals surface area contributed by atoms with E-state index in [0.717, 1.165) is 34.6 Å². The average Bonchev–Trinajstić information content (AvgIpc) is 2.86. The van der Waals surface area contributed by atoms with Crippen LogP contribution in [0.5, 0.6) is 0 Å². The van der Waals surface area contributed by atoms with E-state index in [1.54, 1.807) is 0 Å². The van der Waals surface area contributed by atoms with E-state index in [2.05, 4.69) is 6.92 Å². The van der Waals surface area contributed by atoms with Crippen molar-refractivity contribution in [1.82, 2.24) is 0 Å². The summed E-state index contributed by atoms with van der Waals surface area (Å²) in [5.74, 6) is 0. The molecular weight excluding hydrogens is 556 g/mol. The van der Waals surface area contributed by atoms with Crippen molar-refractivity contribution < 1.29 is 39.2 Å². The second kappa shape index (κ2) is 17.5. The first-order valence-electron chi connectivity index (χ1n) is 14.4. The molecule has 0 bridgehead atoms. The van der Waals surface area contributed by atoms with Gasteiger partial charge >= 0.3 is 0 Å². The minimum absolute atomic E-state index is 0. The third kappa shape index (κ3) is 10.9. The number of aryl methyl sites for hydroxylation is 1. The topological polar surface area (TPSA) is 54.4 Å². The Kier molecular flexibility index (Phi) is 15.3. The Morgan fingerprint density at radius 2 is 1.05 bits per heavy atom. The molecule has 5 heteroatoms. The maximum atomic E-state index is 12.3. The minimum Gasteiger partial charge on any atom is -0.282 e. The molecule has 1 N–H and O–H groups in total. The molecule has 3 aromatic carbocycles. The fourth-order valence-corrected chi connectivity index (χ4v) is 6.35. The van der Waals surface area contributed by atoms with E-state index in [4.69, 9.17) is 0 Å². The first-order chi connectivity index (χ1) is 17.5. The zero-order chi connectivity index (χ0) is 25.6. The van der Waals surface area contributed by atoms with Crippen LogP contribution in [-0.2, 0) is 42.7 Å². The summed E-state index contributed by atoms with van der Waals surface area (Å²) in [6, 6.07) is 15.7. The van der Waals surface area contributed by atoms with Gasteiger partial charge in [0.25, 0.3) is 10.1 Å². The zero-order valence-corrected chi connectivity index (χ0v) is 26.1. The quantitative estimate of drug-likeness (QED) is 0.0896. The molecular formula is C32H46O3SZr. The molecule has 0 aromatic heterocycles. The van der Waals surface area contributed by atoms with Crippen LogP contribution in [0.3, 0.4) is 0 Å². The largest absolute Gasteiger partial charge is 0.295 e. The van der Waals surface area contributed by atoms with Crippen LogP contribution < -0.4 is 0 Å². The van der Waals surface area contributed by atoms with Crippen LogP contribution >= 0.6 is 0 Å². The second-order valence-electron chi connectivity index (χ2n) is 10.5. The molecule has 0 amide bonds. The van der Waals surface area contributed by atoms with Crippen LogP contribution in [0.1, 0.15) is 115 Å². The first kappa shape index (κ1) is 32.2. The van der Waals surface area contributed by atoms with Crippen molar-refractivity contribution in [3.05, 3.63) is 54.1 Å². The summed E-state index contributed by atoms with van der Waals surface area (Å²) < 4.78 is 34.7. The zero-order valence-electron chi connectivity index (χ0n) is 22.8. The molecule has 0 radical (unpaired) electrons. The van der Waals surface area contributed by atoms with Gasteiger partial charge in [-0.15, -0.1) is 0 Å². The van der Waals surface area contributed by atoms with Gasteiger partial charge in [0, 0.05) is 31.6 Å². The number of hydrogen-bond acceptors (Lipinski definition) is 2. The molecule has 0 spiro atoms. The van der Waals surface area contributed by atoms with Crippen molar-refractivity contribution in [2.24, 2.45) is 0 Å². The normalized spacial score (nSPS) is 11.7. The van der Waals surface area contributed by atoms with Crippen LogP contribution in [0.15, 0.2) is 53.4 Å². The molecule has 0 atom stereocenters. The van der Waals surface area contributed by atoms with Gasteiger partial charge in [0.05, 0.1) is 0 Å². The summed E-state index contributed by atoms with van der Waals surface area (Å²) >= 11 is 0. The van der Waals surface area contributed by atoms with Gasteiger partial charge in [-0.25, -0.2) is 0 Å². The first-order valence-corrected chi connectivity index (χ1v) is 15.9. The van der Waals surface area contributed by atoms with Gasteiger partial charge in [-0.2, -0.15) is 8.42 Å². The van der Waals surface area contributed by atoms with Gasteiger partial charge in [0.1, 0.15) is 4.90 Å². The minimum atomic E-state index is -4.30. The van der Waals surface area contributed by atoms with E-state index in [9.17, 15) is 13.0 Å². The molecule has 0 heterocycles. The average molecular weight is 602 g/mol. The summed E-state index contributed by atoms with van der Waals surface area (Å²) in [5.41, 5.74) is 0.727. The molecule has 0 aliphatic heterocycles. The van der Waals surface area contributed by atoms with E-state index in [1.165, 1.54) is 89.9 Å². The Balaban J connectivity index is 0.00000481. The second-order valence-corrected chi connectivity index (χ2v) is 11.9. The molecule has 0 aliphatic rings. The van der Waals surface area contributed by atoms with Crippen LogP contribution in [0.2, 0.25) is 0 Å². The molecule has 0 unspecified atom stereocenters. The number of unbranched alkanes of at least 4 members (excludes halogenated alkanes) is 15. The monoisotopic (exact) mass is 600 g/mol. The van der Waals surface area contributed by atoms with Gasteiger partial charge in [-0.05, 0) is 46.7 Å². The van der Waals surface area contributed by atoms with Gasteiger partial charge in [0.2, 0.25) is 0 Å². The van der Waals surface area contributed by atoms with Crippen LogP contribution in [0, 0.1) is 0 Å². The van der Waals surface area contributed by atoms with Crippen LogP contribution in [-0.4, -0.2) is 13.0 Å². The Morgan fingerprint density at radius 3 is 1.54 bits per heavy atom. The predicted molar refractivity (Wildman–Crippen MR) is 155 cm³/mol. The smallest absolute Gasteiger partial charge is 0.282 e. The Bertz CT molecular complexity index is 1170. The summed E-state index contributed by atoms with van der Waals surface area (Å²) in [7, 11) is -4.30. The molecule has 3 rings (SSSR count). The van der Waals surface area contributed by atoms with Crippen molar-refractivity contribution >= 4 is 31.7 Å². The fraction of sp³-hybridized carbons (Fsp3) is 0.562. The molecule has 3 nitrogen and oxygen atoms in total. The predicted octanol–water partition coefficient (Wildman–Crippen LogP) is 10.0. The van der Waals surface area contributed by atoms with Crippen molar-refractivity contribution in [2.75, 3.05) is 0 Å². The molecule has 37 heavy (non-hydrogen) atoms. The maximum Gasteiger partial charge on any atom is 0.295 e. The number of rotatable bonds is 18. The molecule has 3 aromatic rings. The SMILES string of the molecule is CCCCCCCCCCCCCCCCCCc1ccc2cc3ccccc3cc2c1S(=O)(=O)O.[Zr]. The summed E-state index contributed by atoms with van der Waals surface area (Å²) in [6.45, 7) is 2.27. The summed E-state index contributed by atoms with van der Waals surface area (Å²) in [4.78, 5) is 0.0895. The Hall–Kier alpha value is -1.03. The number of hydrogen-bond donors (Lipinski definition) is 1.